The lowest BCUT2D eigenvalue weighted by Gasteiger charge is -2.13. The van der Waals surface area contributed by atoms with E-state index in [4.69, 9.17) is 16.0 Å². The zero-order valence-electron chi connectivity index (χ0n) is 9.40. The lowest BCUT2D eigenvalue weighted by Crippen LogP contribution is -2.10. The van der Waals surface area contributed by atoms with Crippen molar-refractivity contribution in [2.45, 2.75) is 12.8 Å². The van der Waals surface area contributed by atoms with Crippen molar-refractivity contribution in [3.8, 4) is 0 Å². The molecule has 3 heteroatoms. The van der Waals surface area contributed by atoms with Crippen LogP contribution in [0, 0.1) is 5.92 Å². The first-order valence-corrected chi connectivity index (χ1v) is 6.94. The molecular weight excluding hydrogens is 300 g/mol. The van der Waals surface area contributed by atoms with Gasteiger partial charge in [0.05, 0.1) is 6.26 Å². The lowest BCUT2D eigenvalue weighted by atomic mass is 9.97. The van der Waals surface area contributed by atoms with Crippen molar-refractivity contribution in [3.05, 3.63) is 58.5 Å². The summed E-state index contributed by atoms with van der Waals surface area (Å²) in [7, 11) is 0. The van der Waals surface area contributed by atoms with E-state index in [1.54, 1.807) is 6.26 Å². The van der Waals surface area contributed by atoms with E-state index < -0.39 is 0 Å². The summed E-state index contributed by atoms with van der Waals surface area (Å²) in [5, 5.41) is 0. The second kappa shape index (κ2) is 6.27. The molecule has 0 aliphatic heterocycles. The van der Waals surface area contributed by atoms with Crippen LogP contribution in [0.4, 0.5) is 0 Å². The van der Waals surface area contributed by atoms with Crippen molar-refractivity contribution in [1.82, 2.24) is 0 Å². The van der Waals surface area contributed by atoms with Crippen LogP contribution < -0.4 is 0 Å². The fraction of sp³-hybridized carbons (Fsp3) is 0.286. The number of rotatable bonds is 5. The molecule has 2 rings (SSSR count). The molecule has 0 spiro atoms. The molecule has 1 aromatic carbocycles. The fourth-order valence-corrected chi connectivity index (χ4v) is 2.53. The maximum Gasteiger partial charge on any atom is 0.104 e. The second-order valence-corrected chi connectivity index (χ2v) is 5.26. The van der Waals surface area contributed by atoms with Crippen molar-refractivity contribution in [2.24, 2.45) is 5.92 Å². The van der Waals surface area contributed by atoms with Gasteiger partial charge >= 0.3 is 0 Å². The Hall–Kier alpha value is -0.730. The molecule has 1 nitrogen and oxygen atoms in total. The predicted molar refractivity (Wildman–Crippen MR) is 74.5 cm³/mol. The molecule has 0 radical (unpaired) electrons. The van der Waals surface area contributed by atoms with Gasteiger partial charge in [0.15, 0.2) is 0 Å². The van der Waals surface area contributed by atoms with E-state index >= 15 is 0 Å². The van der Waals surface area contributed by atoms with E-state index in [0.717, 1.165) is 23.1 Å². The van der Waals surface area contributed by atoms with Gasteiger partial charge in [0.1, 0.15) is 5.76 Å². The van der Waals surface area contributed by atoms with Crippen LogP contribution >= 0.6 is 27.5 Å². The monoisotopic (exact) mass is 312 g/mol. The molecule has 1 heterocycles. The summed E-state index contributed by atoms with van der Waals surface area (Å²) in [4.78, 5) is 0. The summed E-state index contributed by atoms with van der Waals surface area (Å²) in [6, 6.07) is 12.2. The molecule has 2 aromatic rings. The average Bonchev–Trinajstić information content (AvgIpc) is 2.84. The summed E-state index contributed by atoms with van der Waals surface area (Å²) in [6.45, 7) is 0. The van der Waals surface area contributed by atoms with Gasteiger partial charge in [0.25, 0.3) is 0 Å². The maximum absolute atomic E-state index is 6.03. The summed E-state index contributed by atoms with van der Waals surface area (Å²) in [5.41, 5.74) is 1.30. The Balaban J connectivity index is 2.03. The van der Waals surface area contributed by atoms with Gasteiger partial charge in [-0.1, -0.05) is 34.1 Å². The topological polar surface area (TPSA) is 13.1 Å². The number of benzene rings is 1. The molecular formula is C14H14BrClO. The SMILES string of the molecule is ClCC(Cc1ccco1)Cc1ccccc1Br. The highest BCUT2D eigenvalue weighted by molar-refractivity contribution is 9.10. The quantitative estimate of drug-likeness (QED) is 0.730. The van der Waals surface area contributed by atoms with Gasteiger partial charge in [0.2, 0.25) is 0 Å². The smallest absolute Gasteiger partial charge is 0.104 e. The third-order valence-electron chi connectivity index (χ3n) is 2.75. The number of halogens is 2. The van der Waals surface area contributed by atoms with Gasteiger partial charge in [-0.3, -0.25) is 0 Å². The summed E-state index contributed by atoms with van der Waals surface area (Å²) >= 11 is 9.60. The fourth-order valence-electron chi connectivity index (χ4n) is 1.87. The van der Waals surface area contributed by atoms with E-state index in [0.29, 0.717) is 11.8 Å². The molecule has 0 saturated heterocycles. The van der Waals surface area contributed by atoms with Crippen LogP contribution in [0.25, 0.3) is 0 Å². The molecule has 0 bridgehead atoms. The minimum Gasteiger partial charge on any atom is -0.469 e. The van der Waals surface area contributed by atoms with Crippen LogP contribution in [0.15, 0.2) is 51.6 Å². The third kappa shape index (κ3) is 3.62. The van der Waals surface area contributed by atoms with Crippen molar-refractivity contribution < 1.29 is 4.42 Å². The van der Waals surface area contributed by atoms with Gasteiger partial charge in [-0.05, 0) is 36.1 Å². The second-order valence-electron chi connectivity index (χ2n) is 4.10. The molecule has 1 aromatic heterocycles. The Bertz CT molecular complexity index is 453. The van der Waals surface area contributed by atoms with Gasteiger partial charge in [-0.15, -0.1) is 11.6 Å². The largest absolute Gasteiger partial charge is 0.469 e. The Morgan fingerprint density at radius 1 is 1.12 bits per heavy atom. The zero-order valence-corrected chi connectivity index (χ0v) is 11.7. The molecule has 0 amide bonds. The van der Waals surface area contributed by atoms with Crippen molar-refractivity contribution in [1.29, 1.82) is 0 Å². The van der Waals surface area contributed by atoms with Crippen LogP contribution in [0.5, 0.6) is 0 Å². The molecule has 1 unspecified atom stereocenters. The van der Waals surface area contributed by atoms with Crippen molar-refractivity contribution in [2.75, 3.05) is 5.88 Å². The molecule has 90 valence electrons. The predicted octanol–water partition coefficient (Wildman–Crippen LogP) is 4.68. The number of alkyl halides is 1. The Morgan fingerprint density at radius 3 is 2.59 bits per heavy atom. The van der Waals surface area contributed by atoms with Crippen LogP contribution in [0.3, 0.4) is 0 Å². The molecule has 0 aliphatic carbocycles. The van der Waals surface area contributed by atoms with E-state index in [9.17, 15) is 0 Å². The van der Waals surface area contributed by atoms with Crippen LogP contribution in [0.2, 0.25) is 0 Å². The third-order valence-corrected chi connectivity index (χ3v) is 3.96. The van der Waals surface area contributed by atoms with Crippen LogP contribution in [-0.4, -0.2) is 5.88 Å². The van der Waals surface area contributed by atoms with E-state index in [-0.39, 0.29) is 0 Å². The lowest BCUT2D eigenvalue weighted by molar-refractivity contribution is 0.457. The maximum atomic E-state index is 6.03. The zero-order chi connectivity index (χ0) is 12.1. The average molecular weight is 314 g/mol. The highest BCUT2D eigenvalue weighted by Crippen LogP contribution is 2.22. The van der Waals surface area contributed by atoms with Gasteiger partial charge in [-0.2, -0.15) is 0 Å². The number of hydrogen-bond acceptors (Lipinski definition) is 1. The Kier molecular flexibility index (Phi) is 4.69. The first-order chi connectivity index (χ1) is 8.29. The summed E-state index contributed by atoms with van der Waals surface area (Å²) in [6.07, 6.45) is 3.56. The Morgan fingerprint density at radius 2 is 1.94 bits per heavy atom. The minimum atomic E-state index is 0.404. The highest BCUT2D eigenvalue weighted by Gasteiger charge is 2.12. The van der Waals surface area contributed by atoms with Gasteiger partial charge in [0, 0.05) is 16.8 Å². The van der Waals surface area contributed by atoms with Crippen LogP contribution in [0.1, 0.15) is 11.3 Å². The summed E-state index contributed by atoms with van der Waals surface area (Å²) < 4.78 is 6.51. The van der Waals surface area contributed by atoms with Gasteiger partial charge < -0.3 is 4.42 Å². The normalized spacial score (nSPS) is 12.6. The molecule has 17 heavy (non-hydrogen) atoms. The minimum absolute atomic E-state index is 0.404. The van der Waals surface area contributed by atoms with E-state index in [1.807, 2.05) is 18.2 Å². The molecule has 1 atom stereocenters. The van der Waals surface area contributed by atoms with Crippen LogP contribution in [-0.2, 0) is 12.8 Å². The summed E-state index contributed by atoms with van der Waals surface area (Å²) in [5.74, 6) is 2.05. The number of hydrogen-bond donors (Lipinski definition) is 0. The molecule has 0 saturated carbocycles. The highest BCUT2D eigenvalue weighted by atomic mass is 79.9. The number of furan rings is 1. The first kappa shape index (κ1) is 12.7. The van der Waals surface area contributed by atoms with Gasteiger partial charge in [-0.25, -0.2) is 0 Å². The first-order valence-electron chi connectivity index (χ1n) is 5.61. The standard InChI is InChI=1S/C14H14BrClO/c15-14-6-2-1-4-12(14)8-11(10-16)9-13-5-3-7-17-13/h1-7,11H,8-10H2. The Labute approximate surface area is 115 Å². The molecule has 0 aliphatic rings. The van der Waals surface area contributed by atoms with Crippen molar-refractivity contribution >= 4 is 27.5 Å². The molecule has 0 N–H and O–H groups in total. The van der Waals surface area contributed by atoms with E-state index in [1.165, 1.54) is 5.56 Å². The molecule has 0 fully saturated rings. The van der Waals surface area contributed by atoms with Crippen molar-refractivity contribution in [3.63, 3.8) is 0 Å². The van der Waals surface area contributed by atoms with E-state index in [2.05, 4.69) is 34.1 Å².